The van der Waals surface area contributed by atoms with Crippen molar-refractivity contribution in [3.63, 3.8) is 0 Å². The second-order valence-corrected chi connectivity index (χ2v) is 4.49. The van der Waals surface area contributed by atoms with Gasteiger partial charge in [0.1, 0.15) is 23.5 Å². The summed E-state index contributed by atoms with van der Waals surface area (Å²) in [6.07, 6.45) is 3.13. The zero-order valence-electron chi connectivity index (χ0n) is 10.3. The van der Waals surface area contributed by atoms with Crippen LogP contribution in [0.4, 0.5) is 4.39 Å². The van der Waals surface area contributed by atoms with Crippen LogP contribution in [0.15, 0.2) is 48.9 Å². The van der Waals surface area contributed by atoms with Gasteiger partial charge in [-0.05, 0) is 17.5 Å². The number of imidazole rings is 1. The molecule has 0 unspecified atom stereocenters. The molecule has 96 valence electrons. The summed E-state index contributed by atoms with van der Waals surface area (Å²) in [5.41, 5.74) is 2.21. The van der Waals surface area contributed by atoms with Crippen molar-refractivity contribution >= 4 is 21.9 Å². The molecular formula is C15H9FN4. The maximum absolute atomic E-state index is 13.8. The first-order valence-electron chi connectivity index (χ1n) is 6.16. The van der Waals surface area contributed by atoms with Crippen molar-refractivity contribution in [3.8, 4) is 11.4 Å². The summed E-state index contributed by atoms with van der Waals surface area (Å²) < 4.78 is 13.8. The first-order valence-corrected chi connectivity index (χ1v) is 6.16. The van der Waals surface area contributed by atoms with Gasteiger partial charge in [-0.25, -0.2) is 19.3 Å². The molecule has 0 atom stereocenters. The number of halogens is 1. The average molecular weight is 264 g/mol. The highest BCUT2D eigenvalue weighted by molar-refractivity contribution is 5.96. The van der Waals surface area contributed by atoms with Crippen molar-refractivity contribution in [2.24, 2.45) is 0 Å². The molecule has 0 saturated heterocycles. The molecular weight excluding hydrogens is 255 g/mol. The molecule has 0 aliphatic heterocycles. The minimum atomic E-state index is -0.236. The van der Waals surface area contributed by atoms with Gasteiger partial charge in [-0.2, -0.15) is 0 Å². The summed E-state index contributed by atoms with van der Waals surface area (Å²) in [5.74, 6) is 0.428. The Balaban J connectivity index is 2.04. The lowest BCUT2D eigenvalue weighted by molar-refractivity contribution is 0.640. The Bertz CT molecular complexity index is 896. The fourth-order valence-corrected chi connectivity index (χ4v) is 2.36. The molecule has 5 heteroatoms. The third-order valence-corrected chi connectivity index (χ3v) is 3.29. The van der Waals surface area contributed by atoms with Crippen molar-refractivity contribution < 1.29 is 4.39 Å². The molecule has 4 rings (SSSR count). The van der Waals surface area contributed by atoms with E-state index in [4.69, 9.17) is 0 Å². The summed E-state index contributed by atoms with van der Waals surface area (Å²) in [7, 11) is 0. The number of nitrogens with zero attached hydrogens (tertiary/aromatic N) is 3. The Kier molecular flexibility index (Phi) is 2.26. The van der Waals surface area contributed by atoms with Crippen LogP contribution < -0.4 is 0 Å². The minimum Gasteiger partial charge on any atom is -0.335 e. The molecule has 0 fully saturated rings. The molecule has 0 spiro atoms. The van der Waals surface area contributed by atoms with Gasteiger partial charge in [0.2, 0.25) is 0 Å². The van der Waals surface area contributed by atoms with Crippen LogP contribution in [0.5, 0.6) is 0 Å². The molecule has 2 aromatic carbocycles. The maximum atomic E-state index is 13.8. The van der Waals surface area contributed by atoms with Crippen LogP contribution in [0.3, 0.4) is 0 Å². The quantitative estimate of drug-likeness (QED) is 0.574. The molecule has 0 bridgehead atoms. The van der Waals surface area contributed by atoms with Crippen LogP contribution >= 0.6 is 0 Å². The van der Waals surface area contributed by atoms with Gasteiger partial charge in [0.05, 0.1) is 6.20 Å². The van der Waals surface area contributed by atoms with Gasteiger partial charge in [0.15, 0.2) is 5.65 Å². The number of fused-ring (bicyclic) bond motifs is 2. The summed E-state index contributed by atoms with van der Waals surface area (Å²) in [4.78, 5) is 15.6. The molecule has 4 aromatic rings. The van der Waals surface area contributed by atoms with Gasteiger partial charge in [-0.1, -0.05) is 24.3 Å². The molecule has 2 aromatic heterocycles. The molecule has 0 radical (unpaired) electrons. The Labute approximate surface area is 113 Å². The lowest BCUT2D eigenvalue weighted by atomic mass is 10.0. The molecule has 4 nitrogen and oxygen atoms in total. The van der Waals surface area contributed by atoms with Crippen molar-refractivity contribution in [1.29, 1.82) is 0 Å². The summed E-state index contributed by atoms with van der Waals surface area (Å²) >= 11 is 0. The number of nitrogens with one attached hydrogen (secondary N) is 1. The second kappa shape index (κ2) is 4.09. The van der Waals surface area contributed by atoms with E-state index in [1.165, 1.54) is 12.4 Å². The predicted octanol–water partition coefficient (Wildman–Crippen LogP) is 3.31. The zero-order valence-corrected chi connectivity index (χ0v) is 10.3. The highest BCUT2D eigenvalue weighted by Crippen LogP contribution is 2.29. The van der Waals surface area contributed by atoms with E-state index in [1.807, 2.05) is 18.2 Å². The minimum absolute atomic E-state index is 0.236. The molecule has 0 aliphatic carbocycles. The van der Waals surface area contributed by atoms with E-state index in [0.29, 0.717) is 16.9 Å². The Morgan fingerprint density at radius 3 is 2.70 bits per heavy atom. The maximum Gasteiger partial charge on any atom is 0.181 e. The van der Waals surface area contributed by atoms with Crippen LogP contribution in [0, 0.1) is 5.82 Å². The number of aromatic nitrogens is 4. The first kappa shape index (κ1) is 11.0. The number of hydrogen-bond donors (Lipinski definition) is 1. The van der Waals surface area contributed by atoms with Crippen molar-refractivity contribution in [1.82, 2.24) is 19.9 Å². The van der Waals surface area contributed by atoms with Crippen molar-refractivity contribution in [2.75, 3.05) is 0 Å². The lowest BCUT2D eigenvalue weighted by Crippen LogP contribution is -1.86. The van der Waals surface area contributed by atoms with E-state index in [1.54, 1.807) is 18.3 Å². The van der Waals surface area contributed by atoms with Gasteiger partial charge in [0, 0.05) is 10.9 Å². The molecule has 20 heavy (non-hydrogen) atoms. The highest BCUT2D eigenvalue weighted by Gasteiger charge is 2.11. The Hall–Kier alpha value is -2.82. The number of benzene rings is 2. The number of aromatic amines is 1. The Morgan fingerprint density at radius 1 is 1.00 bits per heavy atom. The third kappa shape index (κ3) is 1.56. The fourth-order valence-electron chi connectivity index (χ4n) is 2.36. The van der Waals surface area contributed by atoms with Crippen LogP contribution in [0.2, 0.25) is 0 Å². The smallest absolute Gasteiger partial charge is 0.181 e. The SMILES string of the molecule is Fc1ccc(-c2nc3ncncc3[nH]2)c2ccccc12. The van der Waals surface area contributed by atoms with Crippen LogP contribution in [-0.4, -0.2) is 19.9 Å². The van der Waals surface area contributed by atoms with E-state index in [9.17, 15) is 4.39 Å². The summed E-state index contributed by atoms with van der Waals surface area (Å²) in [6, 6.07) is 10.5. The van der Waals surface area contributed by atoms with Gasteiger partial charge >= 0.3 is 0 Å². The standard InChI is InChI=1S/C15H9FN4/c16-12-6-5-11(9-3-1-2-4-10(9)12)14-19-13-7-17-8-18-15(13)20-14/h1-8H,(H,17,18,19,20). The van der Waals surface area contributed by atoms with Gasteiger partial charge in [-0.3, -0.25) is 0 Å². The van der Waals surface area contributed by atoms with E-state index in [2.05, 4.69) is 19.9 Å². The molecule has 0 amide bonds. The number of H-pyrrole nitrogens is 1. The number of rotatable bonds is 1. The molecule has 2 heterocycles. The third-order valence-electron chi connectivity index (χ3n) is 3.29. The van der Waals surface area contributed by atoms with Crippen LogP contribution in [-0.2, 0) is 0 Å². The van der Waals surface area contributed by atoms with Gasteiger partial charge < -0.3 is 4.98 Å². The molecule has 1 N–H and O–H groups in total. The highest BCUT2D eigenvalue weighted by atomic mass is 19.1. The molecule has 0 saturated carbocycles. The molecule has 0 aliphatic rings. The Morgan fingerprint density at radius 2 is 1.85 bits per heavy atom. The first-order chi connectivity index (χ1) is 9.83. The fraction of sp³-hybridized carbons (Fsp3) is 0. The summed E-state index contributed by atoms with van der Waals surface area (Å²) in [6.45, 7) is 0. The average Bonchev–Trinajstić information content (AvgIpc) is 2.91. The topological polar surface area (TPSA) is 54.5 Å². The van der Waals surface area contributed by atoms with E-state index in [0.717, 1.165) is 16.5 Å². The zero-order chi connectivity index (χ0) is 13.5. The predicted molar refractivity (Wildman–Crippen MR) is 74.6 cm³/mol. The lowest BCUT2D eigenvalue weighted by Gasteiger charge is -2.04. The monoisotopic (exact) mass is 264 g/mol. The van der Waals surface area contributed by atoms with Gasteiger partial charge in [0.25, 0.3) is 0 Å². The number of hydrogen-bond acceptors (Lipinski definition) is 3. The van der Waals surface area contributed by atoms with Gasteiger partial charge in [-0.15, -0.1) is 0 Å². The second-order valence-electron chi connectivity index (χ2n) is 4.49. The van der Waals surface area contributed by atoms with Crippen molar-refractivity contribution in [3.05, 3.63) is 54.7 Å². The van der Waals surface area contributed by atoms with E-state index in [-0.39, 0.29) is 5.82 Å². The van der Waals surface area contributed by atoms with Crippen molar-refractivity contribution in [2.45, 2.75) is 0 Å². The van der Waals surface area contributed by atoms with E-state index < -0.39 is 0 Å². The normalized spacial score (nSPS) is 11.2. The van der Waals surface area contributed by atoms with E-state index >= 15 is 0 Å². The van der Waals surface area contributed by atoms with Crippen LogP contribution in [0.1, 0.15) is 0 Å². The summed E-state index contributed by atoms with van der Waals surface area (Å²) in [5, 5.41) is 1.40. The largest absolute Gasteiger partial charge is 0.335 e. The van der Waals surface area contributed by atoms with Crippen LogP contribution in [0.25, 0.3) is 33.3 Å².